The first-order chi connectivity index (χ1) is 21.3. The van der Waals surface area contributed by atoms with E-state index in [0.717, 1.165) is 38.5 Å². The molecule has 5 atom stereocenters. The second-order valence-corrected chi connectivity index (χ2v) is 14.8. The normalized spacial score (nSPS) is 31.5. The summed E-state index contributed by atoms with van der Waals surface area (Å²) in [5.41, 5.74) is 3.16. The van der Waals surface area contributed by atoms with Crippen molar-refractivity contribution in [2.45, 2.75) is 75.5 Å². The topological polar surface area (TPSA) is 111 Å². The largest absolute Gasteiger partial charge is 0.490 e. The van der Waals surface area contributed by atoms with E-state index >= 15 is 0 Å². The van der Waals surface area contributed by atoms with E-state index in [1.807, 2.05) is 6.08 Å². The highest BCUT2D eigenvalue weighted by Gasteiger charge is 2.48. The Kier molecular flexibility index (Phi) is 7.91. The SMILES string of the molecule is O=C1NS(=O)(=O)CCCC=CCC2CCC2C(O[C@@H]2CCOC2=O)N2CC3(CCCc4ccccc43)COc3ccc1cc32. The van der Waals surface area contributed by atoms with Crippen molar-refractivity contribution in [1.29, 1.82) is 0 Å². The van der Waals surface area contributed by atoms with Crippen molar-refractivity contribution in [2.24, 2.45) is 11.8 Å². The molecule has 10 heteroatoms. The van der Waals surface area contributed by atoms with Gasteiger partial charge in [-0.3, -0.25) is 4.79 Å². The summed E-state index contributed by atoms with van der Waals surface area (Å²) in [4.78, 5) is 28.3. The number of amides is 1. The number of allylic oxidation sites excluding steroid dienone is 2. The van der Waals surface area contributed by atoms with Gasteiger partial charge in [-0.2, -0.15) is 0 Å². The molecule has 234 valence electrons. The first-order valence-corrected chi connectivity index (χ1v) is 17.6. The van der Waals surface area contributed by atoms with Crippen LogP contribution >= 0.6 is 0 Å². The van der Waals surface area contributed by atoms with E-state index < -0.39 is 28.3 Å². The van der Waals surface area contributed by atoms with Crippen LogP contribution < -0.4 is 14.4 Å². The smallest absolute Gasteiger partial charge is 0.335 e. The highest BCUT2D eigenvalue weighted by molar-refractivity contribution is 7.90. The first-order valence-electron chi connectivity index (χ1n) is 16.0. The molecular weight excluding hydrogens is 580 g/mol. The van der Waals surface area contributed by atoms with Crippen molar-refractivity contribution < 1.29 is 32.2 Å². The van der Waals surface area contributed by atoms with Crippen molar-refractivity contribution in [3.8, 4) is 5.75 Å². The fourth-order valence-corrected chi connectivity index (χ4v) is 8.74. The molecular formula is C34H40N2O7S. The molecule has 5 aliphatic rings. The zero-order valence-electron chi connectivity index (χ0n) is 24.9. The number of carbonyl (C=O) groups is 2. The van der Waals surface area contributed by atoms with Crippen LogP contribution in [0, 0.1) is 11.8 Å². The average molecular weight is 621 g/mol. The first kappa shape index (κ1) is 29.3. The number of aryl methyl sites for hydroxylation is 1. The summed E-state index contributed by atoms with van der Waals surface area (Å²) < 4.78 is 46.5. The number of nitrogens with zero attached hydrogens (tertiary/aromatic N) is 1. The number of ether oxygens (including phenoxy) is 3. The van der Waals surface area contributed by atoms with Gasteiger partial charge >= 0.3 is 5.97 Å². The maximum absolute atomic E-state index is 13.3. The van der Waals surface area contributed by atoms with E-state index in [0.29, 0.717) is 56.4 Å². The minimum Gasteiger partial charge on any atom is -0.490 e. The molecule has 1 saturated carbocycles. The van der Waals surface area contributed by atoms with Crippen LogP contribution in [0.3, 0.4) is 0 Å². The zero-order chi connectivity index (χ0) is 30.3. The van der Waals surface area contributed by atoms with E-state index in [2.05, 4.69) is 40.0 Å². The lowest BCUT2D eigenvalue weighted by atomic mass is 9.68. The Morgan fingerprint density at radius 1 is 1.00 bits per heavy atom. The van der Waals surface area contributed by atoms with Gasteiger partial charge in [0.25, 0.3) is 5.91 Å². The molecule has 1 amide bonds. The number of fused-ring (bicyclic) bond motifs is 4. The number of esters is 1. The van der Waals surface area contributed by atoms with Crippen molar-refractivity contribution >= 4 is 27.6 Å². The molecule has 2 aromatic carbocycles. The van der Waals surface area contributed by atoms with E-state index in [1.165, 1.54) is 11.1 Å². The Morgan fingerprint density at radius 2 is 1.89 bits per heavy atom. The third-order valence-corrected chi connectivity index (χ3v) is 11.5. The van der Waals surface area contributed by atoms with Crippen molar-refractivity contribution in [3.63, 3.8) is 0 Å². The summed E-state index contributed by atoms with van der Waals surface area (Å²) >= 11 is 0. The molecule has 3 heterocycles. The summed E-state index contributed by atoms with van der Waals surface area (Å²) in [7, 11) is -3.80. The fourth-order valence-electron chi connectivity index (χ4n) is 7.70. The zero-order valence-corrected chi connectivity index (χ0v) is 25.7. The minimum absolute atomic E-state index is 0.120. The summed E-state index contributed by atoms with van der Waals surface area (Å²) in [6, 6.07) is 13.7. The number of sulfonamides is 1. The van der Waals surface area contributed by atoms with Crippen molar-refractivity contribution in [2.75, 3.05) is 30.4 Å². The van der Waals surface area contributed by atoms with Gasteiger partial charge in [-0.1, -0.05) is 36.4 Å². The van der Waals surface area contributed by atoms with Gasteiger partial charge in [0.1, 0.15) is 12.0 Å². The van der Waals surface area contributed by atoms with Gasteiger partial charge in [0.15, 0.2) is 6.10 Å². The Balaban J connectivity index is 1.36. The van der Waals surface area contributed by atoms with Gasteiger partial charge < -0.3 is 19.1 Å². The standard InChI is InChI=1S/C34H40N2O7S/c37-31-25-13-15-29-28(20-25)36(21-34(22-42-29)17-7-10-24-9-4-5-11-27(24)34)32(43-30-16-18-41-33(30)38)26-14-12-23(26)8-3-1-2-6-19-44(39,40)35-31/h1,3-5,9,11,13,15,20,23,26,30,32H,2,6-8,10,12,14,16-19,21-22H2,(H,35,37)/t23?,26?,30-,32?,34?/m1/s1. The number of nitrogens with one attached hydrogen (secondary N) is 1. The predicted octanol–water partition coefficient (Wildman–Crippen LogP) is 4.64. The quantitative estimate of drug-likeness (QED) is 0.382. The Labute approximate surface area is 259 Å². The van der Waals surface area contributed by atoms with E-state index in [1.54, 1.807) is 18.2 Å². The van der Waals surface area contributed by atoms with Crippen LogP contribution in [0.1, 0.15) is 72.9 Å². The lowest BCUT2D eigenvalue weighted by Gasteiger charge is -2.49. The monoisotopic (exact) mass is 620 g/mol. The van der Waals surface area contributed by atoms with Crippen LogP contribution in [0.2, 0.25) is 0 Å². The summed E-state index contributed by atoms with van der Waals surface area (Å²) in [5.74, 6) is -0.0144. The summed E-state index contributed by atoms with van der Waals surface area (Å²) in [6.45, 7) is 1.37. The van der Waals surface area contributed by atoms with Gasteiger partial charge in [-0.05, 0) is 86.6 Å². The van der Waals surface area contributed by atoms with Gasteiger partial charge in [0.05, 0.1) is 24.7 Å². The van der Waals surface area contributed by atoms with Crippen LogP contribution in [0.4, 0.5) is 5.69 Å². The number of carbonyl (C=O) groups excluding carboxylic acids is 2. The van der Waals surface area contributed by atoms with Gasteiger partial charge in [0.2, 0.25) is 10.0 Å². The Morgan fingerprint density at radius 3 is 2.70 bits per heavy atom. The molecule has 0 radical (unpaired) electrons. The Bertz CT molecular complexity index is 1570. The average Bonchev–Trinajstić information content (AvgIpc) is 3.33. The molecule has 3 aliphatic heterocycles. The second-order valence-electron chi connectivity index (χ2n) is 13.0. The van der Waals surface area contributed by atoms with Crippen LogP contribution in [-0.2, 0) is 36.1 Å². The predicted molar refractivity (Wildman–Crippen MR) is 165 cm³/mol. The molecule has 1 spiro atoms. The highest BCUT2D eigenvalue weighted by Crippen LogP contribution is 2.49. The van der Waals surface area contributed by atoms with Gasteiger partial charge in [0, 0.05) is 29.9 Å². The third kappa shape index (κ3) is 5.62. The molecule has 44 heavy (non-hydrogen) atoms. The maximum Gasteiger partial charge on any atom is 0.335 e. The summed E-state index contributed by atoms with van der Waals surface area (Å²) in [6.07, 6.45) is 10.4. The van der Waals surface area contributed by atoms with Gasteiger partial charge in [-0.15, -0.1) is 0 Å². The molecule has 0 aromatic heterocycles. The fraction of sp³-hybridized carbons (Fsp3) is 0.529. The molecule has 1 N–H and O–H groups in total. The number of hydrogen-bond donors (Lipinski definition) is 1. The number of cyclic esters (lactones) is 1. The lowest BCUT2D eigenvalue weighted by Crippen LogP contribution is -2.55. The van der Waals surface area contributed by atoms with Crippen LogP contribution in [-0.4, -0.2) is 58.1 Å². The van der Waals surface area contributed by atoms with E-state index in [4.69, 9.17) is 14.2 Å². The number of benzene rings is 2. The third-order valence-electron chi connectivity index (χ3n) is 10.2. The molecule has 2 aliphatic carbocycles. The Hall–Kier alpha value is -3.37. The van der Waals surface area contributed by atoms with E-state index in [-0.39, 0.29) is 28.6 Å². The van der Waals surface area contributed by atoms with Crippen molar-refractivity contribution in [1.82, 2.24) is 4.72 Å². The van der Waals surface area contributed by atoms with Crippen molar-refractivity contribution in [3.05, 3.63) is 71.3 Å². The molecule has 9 nitrogen and oxygen atoms in total. The van der Waals surface area contributed by atoms with E-state index in [9.17, 15) is 18.0 Å². The molecule has 1 saturated heterocycles. The summed E-state index contributed by atoms with van der Waals surface area (Å²) in [5, 5.41) is 0. The molecule has 2 bridgehead atoms. The molecule has 4 unspecified atom stereocenters. The van der Waals surface area contributed by atoms with Gasteiger partial charge in [-0.25, -0.2) is 17.9 Å². The molecule has 7 rings (SSSR count). The van der Waals surface area contributed by atoms with Crippen LogP contribution in [0.25, 0.3) is 0 Å². The van der Waals surface area contributed by atoms with Crippen LogP contribution in [0.5, 0.6) is 5.75 Å². The lowest BCUT2D eigenvalue weighted by molar-refractivity contribution is -0.155. The number of anilines is 1. The molecule has 2 fully saturated rings. The maximum atomic E-state index is 13.3. The number of hydrogen-bond acceptors (Lipinski definition) is 8. The minimum atomic E-state index is -3.80. The molecule has 2 aromatic rings. The van der Waals surface area contributed by atoms with Crippen LogP contribution in [0.15, 0.2) is 54.6 Å². The highest BCUT2D eigenvalue weighted by atomic mass is 32.2. The number of rotatable bonds is 2. The second kappa shape index (κ2) is 11.9.